The Morgan fingerprint density at radius 2 is 1.77 bits per heavy atom. The van der Waals surface area contributed by atoms with Crippen molar-refractivity contribution in [3.05, 3.63) is 59.7 Å². The molecule has 0 amide bonds. The Morgan fingerprint density at radius 1 is 1.04 bits per heavy atom. The average molecular weight is 352 g/mol. The topological polar surface area (TPSA) is 32.8 Å². The predicted octanol–water partition coefficient (Wildman–Crippen LogP) is 3.86. The van der Waals surface area contributed by atoms with Crippen LogP contribution in [-0.2, 0) is 6.54 Å². The molecule has 0 unspecified atom stereocenters. The van der Waals surface area contributed by atoms with Gasteiger partial charge in [0.15, 0.2) is 5.78 Å². The Kier molecular flexibility index (Phi) is 5.94. The second-order valence-corrected chi connectivity index (χ2v) is 7.15. The number of hydrogen-bond acceptors (Lipinski definition) is 4. The number of nitrogens with zero attached hydrogens (tertiary/aromatic N) is 2. The first-order valence-corrected chi connectivity index (χ1v) is 9.32. The Balaban J connectivity index is 1.61. The molecule has 4 nitrogen and oxygen atoms in total. The van der Waals surface area contributed by atoms with Gasteiger partial charge in [0.1, 0.15) is 5.75 Å². The third-order valence-electron chi connectivity index (χ3n) is 4.94. The van der Waals surface area contributed by atoms with E-state index in [9.17, 15) is 4.79 Å². The molecular weight excluding hydrogens is 324 g/mol. The summed E-state index contributed by atoms with van der Waals surface area (Å²) in [7, 11) is 1.72. The van der Waals surface area contributed by atoms with E-state index in [2.05, 4.69) is 34.1 Å². The number of piperazine rings is 1. The molecular formula is C22H28N2O2. The molecule has 0 spiro atoms. The van der Waals surface area contributed by atoms with Gasteiger partial charge in [-0.1, -0.05) is 44.2 Å². The number of ether oxygens (including phenoxy) is 1. The van der Waals surface area contributed by atoms with E-state index in [1.807, 2.05) is 38.1 Å². The highest BCUT2D eigenvalue weighted by atomic mass is 16.5. The van der Waals surface area contributed by atoms with Gasteiger partial charge in [0.25, 0.3) is 0 Å². The van der Waals surface area contributed by atoms with E-state index in [0.29, 0.717) is 0 Å². The molecule has 4 heteroatoms. The fourth-order valence-corrected chi connectivity index (χ4v) is 3.45. The molecule has 1 fully saturated rings. The summed E-state index contributed by atoms with van der Waals surface area (Å²) in [6, 6.07) is 16.3. The van der Waals surface area contributed by atoms with E-state index in [-0.39, 0.29) is 11.7 Å². The highest BCUT2D eigenvalue weighted by molar-refractivity contribution is 5.97. The van der Waals surface area contributed by atoms with Crippen molar-refractivity contribution in [3.8, 4) is 5.75 Å². The average Bonchev–Trinajstić information content (AvgIpc) is 2.68. The molecule has 1 saturated heterocycles. The zero-order valence-corrected chi connectivity index (χ0v) is 15.9. The minimum atomic E-state index is 0.0367. The largest absolute Gasteiger partial charge is 0.495 e. The van der Waals surface area contributed by atoms with Crippen LogP contribution in [0.3, 0.4) is 0 Å². The lowest BCUT2D eigenvalue weighted by Gasteiger charge is -2.36. The van der Waals surface area contributed by atoms with Gasteiger partial charge in [0, 0.05) is 44.2 Å². The number of carbonyl (C=O) groups excluding carboxylic acids is 1. The molecule has 3 rings (SSSR count). The molecule has 1 heterocycles. The smallest absolute Gasteiger partial charge is 0.165 e. The molecule has 2 aromatic carbocycles. The number of hydrogen-bond donors (Lipinski definition) is 0. The number of benzene rings is 2. The zero-order valence-electron chi connectivity index (χ0n) is 15.9. The van der Waals surface area contributed by atoms with Gasteiger partial charge in [0.05, 0.1) is 12.8 Å². The van der Waals surface area contributed by atoms with Crippen LogP contribution in [0.15, 0.2) is 48.5 Å². The molecule has 0 radical (unpaired) electrons. The lowest BCUT2D eigenvalue weighted by atomic mass is 9.99. The lowest BCUT2D eigenvalue weighted by Crippen LogP contribution is -2.46. The van der Waals surface area contributed by atoms with Gasteiger partial charge < -0.3 is 9.64 Å². The minimum absolute atomic E-state index is 0.0367. The number of rotatable bonds is 6. The maximum atomic E-state index is 12.2. The summed E-state index contributed by atoms with van der Waals surface area (Å²) < 4.78 is 5.49. The van der Waals surface area contributed by atoms with E-state index in [0.717, 1.165) is 44.0 Å². The van der Waals surface area contributed by atoms with Crippen molar-refractivity contribution in [1.82, 2.24) is 4.90 Å². The normalized spacial score (nSPS) is 15.3. The maximum absolute atomic E-state index is 12.2. The van der Waals surface area contributed by atoms with E-state index in [4.69, 9.17) is 4.74 Å². The fraction of sp³-hybridized carbons (Fsp3) is 0.409. The van der Waals surface area contributed by atoms with E-state index in [1.165, 1.54) is 11.3 Å². The molecule has 0 aliphatic carbocycles. The molecule has 1 aliphatic rings. The summed E-state index contributed by atoms with van der Waals surface area (Å²) >= 11 is 0. The summed E-state index contributed by atoms with van der Waals surface area (Å²) in [4.78, 5) is 17.0. The predicted molar refractivity (Wildman–Crippen MR) is 106 cm³/mol. The van der Waals surface area contributed by atoms with E-state index < -0.39 is 0 Å². The van der Waals surface area contributed by atoms with Gasteiger partial charge >= 0.3 is 0 Å². The lowest BCUT2D eigenvalue weighted by molar-refractivity contribution is 0.0939. The molecule has 0 N–H and O–H groups in total. The Morgan fingerprint density at radius 3 is 2.46 bits per heavy atom. The number of methoxy groups -OCH3 is 1. The molecule has 138 valence electrons. The van der Waals surface area contributed by atoms with Crippen LogP contribution in [-0.4, -0.2) is 44.0 Å². The van der Waals surface area contributed by atoms with Crippen LogP contribution in [0.25, 0.3) is 0 Å². The maximum Gasteiger partial charge on any atom is 0.165 e. The summed E-state index contributed by atoms with van der Waals surface area (Å²) in [5.74, 6) is 1.18. The molecule has 0 saturated carbocycles. The second-order valence-electron chi connectivity index (χ2n) is 7.15. The Bertz CT molecular complexity index is 749. The SMILES string of the molecule is COc1ccccc1N1CCN(Cc2cccc(C(=O)C(C)C)c2)CC1. The van der Waals surface area contributed by atoms with Crippen molar-refractivity contribution in [2.45, 2.75) is 20.4 Å². The van der Waals surface area contributed by atoms with Crippen LogP contribution in [0.2, 0.25) is 0 Å². The van der Waals surface area contributed by atoms with Gasteiger partial charge in [-0.05, 0) is 23.8 Å². The highest BCUT2D eigenvalue weighted by Crippen LogP contribution is 2.28. The number of anilines is 1. The minimum Gasteiger partial charge on any atom is -0.495 e. The molecule has 0 aromatic heterocycles. The van der Waals surface area contributed by atoms with Crippen LogP contribution in [0.4, 0.5) is 5.69 Å². The fourth-order valence-electron chi connectivity index (χ4n) is 3.45. The van der Waals surface area contributed by atoms with Gasteiger partial charge in [-0.3, -0.25) is 9.69 Å². The highest BCUT2D eigenvalue weighted by Gasteiger charge is 2.20. The molecule has 0 atom stereocenters. The van der Waals surface area contributed by atoms with Crippen molar-refractivity contribution in [2.24, 2.45) is 5.92 Å². The van der Waals surface area contributed by atoms with Crippen molar-refractivity contribution in [2.75, 3.05) is 38.2 Å². The van der Waals surface area contributed by atoms with Gasteiger partial charge in [-0.15, -0.1) is 0 Å². The number of para-hydroxylation sites is 2. The number of carbonyl (C=O) groups is 1. The van der Waals surface area contributed by atoms with Crippen LogP contribution in [0.5, 0.6) is 5.75 Å². The first-order chi connectivity index (χ1) is 12.6. The molecule has 0 bridgehead atoms. The monoisotopic (exact) mass is 352 g/mol. The van der Waals surface area contributed by atoms with Gasteiger partial charge in [0.2, 0.25) is 0 Å². The van der Waals surface area contributed by atoms with Crippen molar-refractivity contribution in [1.29, 1.82) is 0 Å². The Labute approximate surface area is 156 Å². The Hall–Kier alpha value is -2.33. The van der Waals surface area contributed by atoms with Crippen LogP contribution in [0.1, 0.15) is 29.8 Å². The van der Waals surface area contributed by atoms with Gasteiger partial charge in [-0.2, -0.15) is 0 Å². The summed E-state index contributed by atoms with van der Waals surface area (Å²) in [6.07, 6.45) is 0. The number of ketones is 1. The van der Waals surface area contributed by atoms with Gasteiger partial charge in [-0.25, -0.2) is 0 Å². The van der Waals surface area contributed by atoms with Crippen molar-refractivity contribution >= 4 is 11.5 Å². The first-order valence-electron chi connectivity index (χ1n) is 9.32. The molecule has 1 aliphatic heterocycles. The zero-order chi connectivity index (χ0) is 18.5. The quantitative estimate of drug-likeness (QED) is 0.739. The van der Waals surface area contributed by atoms with Crippen molar-refractivity contribution < 1.29 is 9.53 Å². The van der Waals surface area contributed by atoms with Crippen LogP contribution in [0, 0.1) is 5.92 Å². The van der Waals surface area contributed by atoms with Crippen LogP contribution < -0.4 is 9.64 Å². The third kappa shape index (κ3) is 4.25. The van der Waals surface area contributed by atoms with Crippen molar-refractivity contribution in [3.63, 3.8) is 0 Å². The van der Waals surface area contributed by atoms with Crippen LogP contribution >= 0.6 is 0 Å². The molecule has 26 heavy (non-hydrogen) atoms. The third-order valence-corrected chi connectivity index (χ3v) is 4.94. The van der Waals surface area contributed by atoms with E-state index in [1.54, 1.807) is 7.11 Å². The van der Waals surface area contributed by atoms with E-state index >= 15 is 0 Å². The molecule has 2 aromatic rings. The number of Topliss-reactive ketones (excluding diaryl/α,β-unsaturated/α-hetero) is 1. The standard InChI is InChI=1S/C22H28N2O2/c1-17(2)22(25)19-8-6-7-18(15-19)16-23-11-13-24(14-12-23)20-9-4-5-10-21(20)26-3/h4-10,15,17H,11-14,16H2,1-3H3. The summed E-state index contributed by atoms with van der Waals surface area (Å²) in [5, 5.41) is 0. The summed E-state index contributed by atoms with van der Waals surface area (Å²) in [5.41, 5.74) is 3.20. The second kappa shape index (κ2) is 8.37. The summed E-state index contributed by atoms with van der Waals surface area (Å²) in [6.45, 7) is 8.74. The first kappa shape index (κ1) is 18.5.